The predicted octanol–water partition coefficient (Wildman–Crippen LogP) is 4.51. The molecule has 3 aromatic rings. The van der Waals surface area contributed by atoms with Crippen molar-refractivity contribution in [2.24, 2.45) is 0 Å². The average Bonchev–Trinajstić information content (AvgIpc) is 3.20. The first-order valence-electron chi connectivity index (χ1n) is 9.29. The topological polar surface area (TPSA) is 86.7 Å². The third-order valence-corrected chi connectivity index (χ3v) is 7.44. The molecule has 6 nitrogen and oxygen atoms in total. The molecular weight excluding hydrogens is 443 g/mol. The van der Waals surface area contributed by atoms with Gasteiger partial charge in [-0.15, -0.1) is 11.3 Å². The number of carbonyl (C=O) groups is 3. The second kappa shape index (κ2) is 6.63. The van der Waals surface area contributed by atoms with Crippen molar-refractivity contribution in [3.63, 3.8) is 0 Å². The van der Waals surface area contributed by atoms with Crippen LogP contribution in [0.25, 0.3) is 11.1 Å². The van der Waals surface area contributed by atoms with E-state index in [1.54, 1.807) is 31.3 Å². The molecule has 0 fully saturated rings. The minimum atomic E-state index is -1.50. The van der Waals surface area contributed by atoms with Crippen molar-refractivity contribution in [1.29, 1.82) is 0 Å². The fourth-order valence-electron chi connectivity index (χ4n) is 4.47. The Labute approximate surface area is 184 Å². The van der Waals surface area contributed by atoms with E-state index in [1.807, 2.05) is 0 Å². The largest absolute Gasteiger partial charge is 0.477 e. The number of carbonyl (C=O) groups excluding carboxylic acids is 2. The molecule has 0 unspecified atom stereocenters. The van der Waals surface area contributed by atoms with Crippen LogP contribution in [0.1, 0.15) is 26.5 Å². The van der Waals surface area contributed by atoms with Crippen LogP contribution in [-0.4, -0.2) is 29.9 Å². The van der Waals surface area contributed by atoms with Gasteiger partial charge < -0.3 is 15.3 Å². The van der Waals surface area contributed by atoms with E-state index in [0.29, 0.717) is 26.7 Å². The van der Waals surface area contributed by atoms with E-state index in [1.165, 1.54) is 23.1 Å². The Kier molecular flexibility index (Phi) is 4.22. The molecule has 0 saturated heterocycles. The first kappa shape index (κ1) is 19.7. The van der Waals surface area contributed by atoms with Crippen LogP contribution in [0.5, 0.6) is 0 Å². The third-order valence-electron chi connectivity index (χ3n) is 5.77. The standard InChI is InChI=1S/C22H14ClFN2O4S/c1-26-14-7-6-10(24)8-12(14)22(21(26)30)9-15(27)25-17-16(11-4-2-3-5-13(11)23)18(20(28)29)31-19(17)22/h2-8H,9H2,1H3,(H,25,27)(H,28,29)/t22-/m1/s1. The number of carboxylic acid groups (broad SMARTS) is 1. The lowest BCUT2D eigenvalue weighted by Crippen LogP contribution is -2.45. The van der Waals surface area contributed by atoms with E-state index < -0.39 is 29.0 Å². The Morgan fingerprint density at radius 1 is 1.26 bits per heavy atom. The number of anilines is 2. The smallest absolute Gasteiger partial charge is 0.346 e. The summed E-state index contributed by atoms with van der Waals surface area (Å²) in [4.78, 5) is 40.2. The zero-order chi connectivity index (χ0) is 22.1. The highest BCUT2D eigenvalue weighted by molar-refractivity contribution is 7.15. The number of thiophene rings is 1. The third kappa shape index (κ3) is 2.58. The number of nitrogens with one attached hydrogen (secondary N) is 1. The monoisotopic (exact) mass is 456 g/mol. The molecule has 0 aliphatic carbocycles. The minimum absolute atomic E-state index is 0.0556. The Hall–Kier alpha value is -3.23. The molecule has 1 atom stereocenters. The number of aromatic carboxylic acids is 1. The van der Waals surface area contributed by atoms with E-state index in [0.717, 1.165) is 11.3 Å². The molecule has 2 aromatic carbocycles. The lowest BCUT2D eigenvalue weighted by molar-refractivity contribution is -0.126. The van der Waals surface area contributed by atoms with Gasteiger partial charge in [-0.05, 0) is 24.3 Å². The molecule has 1 spiro atoms. The maximum Gasteiger partial charge on any atom is 0.346 e. The fourth-order valence-corrected chi connectivity index (χ4v) is 6.01. The van der Waals surface area contributed by atoms with Crippen LogP contribution in [0.3, 0.4) is 0 Å². The summed E-state index contributed by atoms with van der Waals surface area (Å²) in [5.41, 5.74) is 0.223. The SMILES string of the molecule is CN1C(=O)[C@]2(CC(=O)Nc3c2sc(C(=O)O)c3-c2ccccc2Cl)c2cc(F)ccc21. The van der Waals surface area contributed by atoms with E-state index in [-0.39, 0.29) is 22.5 Å². The number of amides is 2. The molecule has 156 valence electrons. The average molecular weight is 457 g/mol. The van der Waals surface area contributed by atoms with E-state index in [2.05, 4.69) is 5.32 Å². The molecule has 2 N–H and O–H groups in total. The molecule has 2 amide bonds. The Balaban J connectivity index is 1.89. The molecule has 0 bridgehead atoms. The van der Waals surface area contributed by atoms with E-state index >= 15 is 0 Å². The predicted molar refractivity (Wildman–Crippen MR) is 116 cm³/mol. The van der Waals surface area contributed by atoms with Crippen molar-refractivity contribution < 1.29 is 23.9 Å². The Morgan fingerprint density at radius 3 is 2.71 bits per heavy atom. The van der Waals surface area contributed by atoms with Crippen LogP contribution in [0.2, 0.25) is 5.02 Å². The number of hydrogen-bond acceptors (Lipinski definition) is 4. The summed E-state index contributed by atoms with van der Waals surface area (Å²) in [5.74, 6) is -2.63. The molecule has 2 aliphatic heterocycles. The van der Waals surface area contributed by atoms with Crippen LogP contribution >= 0.6 is 22.9 Å². The van der Waals surface area contributed by atoms with Crippen LogP contribution in [-0.2, 0) is 15.0 Å². The van der Waals surface area contributed by atoms with Gasteiger partial charge in [0.1, 0.15) is 16.1 Å². The van der Waals surface area contributed by atoms with Gasteiger partial charge in [-0.25, -0.2) is 9.18 Å². The summed E-state index contributed by atoms with van der Waals surface area (Å²) in [6, 6.07) is 10.7. The van der Waals surface area contributed by atoms with Gasteiger partial charge in [0.15, 0.2) is 0 Å². The van der Waals surface area contributed by atoms with Crippen molar-refractivity contribution in [2.45, 2.75) is 11.8 Å². The van der Waals surface area contributed by atoms with Crippen molar-refractivity contribution in [3.8, 4) is 11.1 Å². The van der Waals surface area contributed by atoms with Crippen molar-refractivity contribution in [3.05, 3.63) is 68.6 Å². The van der Waals surface area contributed by atoms with Gasteiger partial charge in [-0.1, -0.05) is 29.8 Å². The van der Waals surface area contributed by atoms with Gasteiger partial charge in [0.2, 0.25) is 11.8 Å². The summed E-state index contributed by atoms with van der Waals surface area (Å²) >= 11 is 7.25. The van der Waals surface area contributed by atoms with Crippen molar-refractivity contribution >= 4 is 52.1 Å². The van der Waals surface area contributed by atoms with Crippen molar-refractivity contribution in [2.75, 3.05) is 17.3 Å². The van der Waals surface area contributed by atoms with Crippen molar-refractivity contribution in [1.82, 2.24) is 0 Å². The lowest BCUT2D eigenvalue weighted by atomic mass is 9.74. The van der Waals surface area contributed by atoms with Gasteiger partial charge in [0, 0.05) is 34.4 Å². The highest BCUT2D eigenvalue weighted by atomic mass is 35.5. The van der Waals surface area contributed by atoms with Gasteiger partial charge in [-0.3, -0.25) is 9.59 Å². The fraction of sp³-hybridized carbons (Fsp3) is 0.136. The van der Waals surface area contributed by atoms with Gasteiger partial charge in [-0.2, -0.15) is 0 Å². The Morgan fingerprint density at radius 2 is 2.00 bits per heavy atom. The Bertz CT molecular complexity index is 1320. The van der Waals surface area contributed by atoms with E-state index in [9.17, 15) is 23.9 Å². The number of hydrogen-bond donors (Lipinski definition) is 2. The first-order valence-corrected chi connectivity index (χ1v) is 10.5. The van der Waals surface area contributed by atoms with Gasteiger partial charge in [0.25, 0.3) is 0 Å². The molecule has 9 heteroatoms. The maximum absolute atomic E-state index is 14.2. The minimum Gasteiger partial charge on any atom is -0.477 e. The number of halogens is 2. The second-order valence-corrected chi connectivity index (χ2v) is 8.88. The van der Waals surface area contributed by atoms with Crippen LogP contribution in [0, 0.1) is 5.82 Å². The van der Waals surface area contributed by atoms with E-state index in [4.69, 9.17) is 11.6 Å². The molecule has 0 radical (unpaired) electrons. The van der Waals surface area contributed by atoms with Crippen LogP contribution in [0.4, 0.5) is 15.8 Å². The number of likely N-dealkylation sites (N-methyl/N-ethyl adjacent to an activating group) is 1. The van der Waals surface area contributed by atoms with Gasteiger partial charge >= 0.3 is 5.97 Å². The second-order valence-electron chi connectivity index (χ2n) is 7.45. The highest BCUT2D eigenvalue weighted by Gasteiger charge is 2.57. The summed E-state index contributed by atoms with van der Waals surface area (Å²) in [6.07, 6.45) is -0.249. The highest BCUT2D eigenvalue weighted by Crippen LogP contribution is 2.57. The number of carboxylic acids is 1. The quantitative estimate of drug-likeness (QED) is 0.594. The summed E-state index contributed by atoms with van der Waals surface area (Å²) in [5, 5.41) is 13.0. The zero-order valence-corrected chi connectivity index (χ0v) is 17.6. The van der Waals surface area contributed by atoms with Crippen LogP contribution in [0.15, 0.2) is 42.5 Å². The number of fused-ring (bicyclic) bond motifs is 4. The normalized spacial score (nSPS) is 19.4. The number of rotatable bonds is 2. The number of benzene rings is 2. The molecule has 0 saturated carbocycles. The number of nitrogens with zero attached hydrogens (tertiary/aromatic N) is 1. The first-order chi connectivity index (χ1) is 14.8. The molecule has 31 heavy (non-hydrogen) atoms. The lowest BCUT2D eigenvalue weighted by Gasteiger charge is -2.32. The van der Waals surface area contributed by atoms with Gasteiger partial charge in [0.05, 0.1) is 17.0 Å². The maximum atomic E-state index is 14.2. The molecular formula is C22H14ClFN2O4S. The summed E-state index contributed by atoms with van der Waals surface area (Å²) in [6.45, 7) is 0. The summed E-state index contributed by atoms with van der Waals surface area (Å²) < 4.78 is 14.2. The summed E-state index contributed by atoms with van der Waals surface area (Å²) in [7, 11) is 1.56. The molecule has 2 aliphatic rings. The molecule has 5 rings (SSSR count). The molecule has 3 heterocycles. The van der Waals surface area contributed by atoms with Crippen LogP contribution < -0.4 is 10.2 Å². The molecule has 1 aromatic heterocycles. The zero-order valence-electron chi connectivity index (χ0n) is 16.0.